The third kappa shape index (κ3) is 8.60. The Hall–Kier alpha value is -1.20. The molecular weight excluding hydrogens is 340 g/mol. The van der Waals surface area contributed by atoms with E-state index in [9.17, 15) is 14.4 Å². The predicted octanol–water partition coefficient (Wildman–Crippen LogP) is -1.40. The van der Waals surface area contributed by atoms with E-state index in [1.54, 1.807) is 0 Å². The van der Waals surface area contributed by atoms with Crippen LogP contribution in [0.5, 0.6) is 0 Å². The molecule has 24 heavy (non-hydrogen) atoms. The topological polar surface area (TPSA) is 117 Å². The van der Waals surface area contributed by atoms with Gasteiger partial charge in [0.2, 0.25) is 17.7 Å². The molecule has 1 unspecified atom stereocenters. The molecule has 0 aromatic carbocycles. The first-order valence-corrected chi connectivity index (χ1v) is 8.15. The highest BCUT2D eigenvalue weighted by molar-refractivity contribution is 7.81. The average molecular weight is 364 g/mol. The van der Waals surface area contributed by atoms with E-state index in [0.29, 0.717) is 39.6 Å². The Morgan fingerprint density at radius 1 is 1.00 bits per heavy atom. The van der Waals surface area contributed by atoms with Crippen molar-refractivity contribution in [2.75, 3.05) is 59.4 Å². The van der Waals surface area contributed by atoms with Crippen molar-refractivity contribution in [1.29, 1.82) is 0 Å². The van der Waals surface area contributed by atoms with Crippen molar-refractivity contribution in [2.24, 2.45) is 5.73 Å². The van der Waals surface area contributed by atoms with Gasteiger partial charge in [0.05, 0.1) is 58.0 Å². The van der Waals surface area contributed by atoms with Crippen molar-refractivity contribution in [1.82, 2.24) is 4.90 Å². The highest BCUT2D eigenvalue weighted by Gasteiger charge is 2.35. The third-order valence-corrected chi connectivity index (χ3v) is 3.44. The normalized spacial score (nSPS) is 17.7. The van der Waals surface area contributed by atoms with Crippen LogP contribution in [0, 0.1) is 0 Å². The number of ether oxygens (including phenoxy) is 4. The Balaban J connectivity index is 1.83. The van der Waals surface area contributed by atoms with Gasteiger partial charge in [0.1, 0.15) is 6.61 Å². The van der Waals surface area contributed by atoms with Crippen LogP contribution < -0.4 is 5.73 Å². The maximum Gasteiger partial charge on any atom is 0.243 e. The van der Waals surface area contributed by atoms with Crippen LogP contribution in [0.4, 0.5) is 0 Å². The van der Waals surface area contributed by atoms with E-state index in [0.717, 1.165) is 0 Å². The lowest BCUT2D eigenvalue weighted by Gasteiger charge is -2.14. The first-order chi connectivity index (χ1) is 11.5. The lowest BCUT2D eigenvalue weighted by atomic mass is 10.4. The lowest BCUT2D eigenvalue weighted by molar-refractivity contribution is -0.139. The molecule has 0 aromatic rings. The summed E-state index contributed by atoms with van der Waals surface area (Å²) in [6.07, 6.45) is 0.151. The Labute approximate surface area is 146 Å². The number of amides is 3. The molecular formula is C14H24N2O7S. The van der Waals surface area contributed by atoms with Crippen LogP contribution in [0.3, 0.4) is 0 Å². The second-order valence-corrected chi connectivity index (χ2v) is 5.58. The number of hydrogen-bond donors (Lipinski definition) is 2. The molecule has 0 spiro atoms. The summed E-state index contributed by atoms with van der Waals surface area (Å²) >= 11 is 4.04. The molecule has 3 amide bonds. The van der Waals surface area contributed by atoms with E-state index in [2.05, 4.69) is 12.6 Å². The van der Waals surface area contributed by atoms with Gasteiger partial charge in [0.25, 0.3) is 0 Å². The van der Waals surface area contributed by atoms with Crippen LogP contribution in [0.1, 0.15) is 6.42 Å². The molecule has 2 N–H and O–H groups in total. The van der Waals surface area contributed by atoms with Crippen LogP contribution in [-0.4, -0.2) is 87.3 Å². The highest BCUT2D eigenvalue weighted by Crippen LogP contribution is 2.17. The Morgan fingerprint density at radius 2 is 1.50 bits per heavy atom. The summed E-state index contributed by atoms with van der Waals surface area (Å²) in [5.41, 5.74) is 4.90. The molecule has 0 bridgehead atoms. The first-order valence-electron chi connectivity index (χ1n) is 7.64. The number of likely N-dealkylation sites (tertiary alicyclic amines) is 1. The van der Waals surface area contributed by atoms with Crippen molar-refractivity contribution >= 4 is 30.4 Å². The van der Waals surface area contributed by atoms with Crippen molar-refractivity contribution in [2.45, 2.75) is 11.7 Å². The van der Waals surface area contributed by atoms with E-state index < -0.39 is 11.2 Å². The number of rotatable bonds is 14. The van der Waals surface area contributed by atoms with Gasteiger partial charge in [-0.15, -0.1) is 0 Å². The molecule has 138 valence electrons. The summed E-state index contributed by atoms with van der Waals surface area (Å²) in [5, 5.41) is -0.526. The van der Waals surface area contributed by atoms with Gasteiger partial charge in [-0.05, 0) is 0 Å². The summed E-state index contributed by atoms with van der Waals surface area (Å²) < 4.78 is 20.7. The third-order valence-electron chi connectivity index (χ3n) is 3.04. The molecule has 0 radical (unpaired) electrons. The molecule has 1 heterocycles. The number of imide groups is 1. The molecule has 0 aliphatic carbocycles. The minimum Gasteiger partial charge on any atom is -0.377 e. The number of nitrogens with two attached hydrogens (primary N) is 1. The van der Waals surface area contributed by atoms with Gasteiger partial charge in [-0.3, -0.25) is 19.3 Å². The number of hydrogen-bond acceptors (Lipinski definition) is 8. The minimum absolute atomic E-state index is 0.111. The molecule has 9 nitrogen and oxygen atoms in total. The molecule has 0 aromatic heterocycles. The molecule has 0 saturated carbocycles. The zero-order valence-corrected chi connectivity index (χ0v) is 14.4. The van der Waals surface area contributed by atoms with Gasteiger partial charge >= 0.3 is 0 Å². The van der Waals surface area contributed by atoms with Crippen molar-refractivity contribution in [3.8, 4) is 0 Å². The summed E-state index contributed by atoms with van der Waals surface area (Å²) in [6, 6.07) is 0. The lowest BCUT2D eigenvalue weighted by Crippen LogP contribution is -2.34. The maximum atomic E-state index is 11.6. The molecule has 1 rings (SSSR count). The fourth-order valence-electron chi connectivity index (χ4n) is 1.89. The fraction of sp³-hybridized carbons (Fsp3) is 0.786. The summed E-state index contributed by atoms with van der Waals surface area (Å²) in [5.74, 6) is -0.987. The molecule has 1 saturated heterocycles. The van der Waals surface area contributed by atoms with E-state index in [1.807, 2.05) is 0 Å². The number of carbonyl (C=O) groups excluding carboxylic acids is 3. The molecule has 1 aliphatic heterocycles. The van der Waals surface area contributed by atoms with Crippen molar-refractivity contribution in [3.05, 3.63) is 0 Å². The predicted molar refractivity (Wildman–Crippen MR) is 86.6 cm³/mol. The smallest absolute Gasteiger partial charge is 0.243 e. The zero-order valence-electron chi connectivity index (χ0n) is 13.5. The fourth-order valence-corrected chi connectivity index (χ4v) is 2.18. The average Bonchev–Trinajstić information content (AvgIpc) is 2.77. The van der Waals surface area contributed by atoms with Gasteiger partial charge in [0.15, 0.2) is 0 Å². The standard InChI is InChI=1S/C14H24N2O7S/c15-12(17)10-23-8-7-22-6-5-21-4-3-20-2-1-16-13(18)9-11(24)14(16)19/h11,24H,1-10H2,(H2,15,17). The van der Waals surface area contributed by atoms with Gasteiger partial charge in [-0.1, -0.05) is 0 Å². The zero-order chi connectivity index (χ0) is 17.8. The van der Waals surface area contributed by atoms with E-state index in [-0.39, 0.29) is 38.0 Å². The van der Waals surface area contributed by atoms with E-state index in [4.69, 9.17) is 24.7 Å². The van der Waals surface area contributed by atoms with Crippen LogP contribution in [0.15, 0.2) is 0 Å². The number of primary amides is 1. The molecule has 1 atom stereocenters. The van der Waals surface area contributed by atoms with Crippen LogP contribution >= 0.6 is 12.6 Å². The van der Waals surface area contributed by atoms with Gasteiger partial charge in [-0.2, -0.15) is 12.6 Å². The number of thiol groups is 1. The van der Waals surface area contributed by atoms with Crippen LogP contribution in [0.2, 0.25) is 0 Å². The second-order valence-electron chi connectivity index (χ2n) is 4.96. The van der Waals surface area contributed by atoms with Crippen LogP contribution in [0.25, 0.3) is 0 Å². The van der Waals surface area contributed by atoms with Gasteiger partial charge < -0.3 is 24.7 Å². The Bertz CT molecular complexity index is 422. The Morgan fingerprint density at radius 3 is 1.96 bits per heavy atom. The largest absolute Gasteiger partial charge is 0.377 e. The maximum absolute atomic E-state index is 11.6. The molecule has 1 fully saturated rings. The number of nitrogens with zero attached hydrogens (tertiary/aromatic N) is 1. The first kappa shape index (κ1) is 20.8. The van der Waals surface area contributed by atoms with Crippen molar-refractivity contribution in [3.63, 3.8) is 0 Å². The quantitative estimate of drug-likeness (QED) is 0.221. The van der Waals surface area contributed by atoms with Crippen molar-refractivity contribution < 1.29 is 33.3 Å². The second kappa shape index (κ2) is 12.2. The van der Waals surface area contributed by atoms with Gasteiger partial charge in [-0.25, -0.2) is 0 Å². The van der Waals surface area contributed by atoms with E-state index >= 15 is 0 Å². The van der Waals surface area contributed by atoms with Crippen LogP contribution in [-0.2, 0) is 33.3 Å². The molecule has 1 aliphatic rings. The van der Waals surface area contributed by atoms with Gasteiger partial charge in [0, 0.05) is 6.42 Å². The van der Waals surface area contributed by atoms with E-state index in [1.165, 1.54) is 4.90 Å². The SMILES string of the molecule is NC(=O)COCCOCCOCCOCCN1C(=O)CC(S)C1=O. The summed E-state index contributed by atoms with van der Waals surface area (Å²) in [4.78, 5) is 34.6. The minimum atomic E-state index is -0.526. The summed E-state index contributed by atoms with van der Waals surface area (Å²) in [7, 11) is 0. The highest BCUT2D eigenvalue weighted by atomic mass is 32.1. The summed E-state index contributed by atoms with van der Waals surface area (Å²) in [6.45, 7) is 2.62. The molecule has 10 heteroatoms. The monoisotopic (exact) mass is 364 g/mol. The number of carbonyl (C=O) groups is 3. The Kier molecular flexibility index (Phi) is 10.6.